The van der Waals surface area contributed by atoms with Crippen molar-refractivity contribution in [2.75, 3.05) is 19.6 Å². The van der Waals surface area contributed by atoms with Crippen LogP contribution in [0.1, 0.15) is 52.4 Å². The van der Waals surface area contributed by atoms with Crippen molar-refractivity contribution in [2.24, 2.45) is 0 Å². The summed E-state index contributed by atoms with van der Waals surface area (Å²) >= 11 is 0. The van der Waals surface area contributed by atoms with E-state index in [1.54, 1.807) is 0 Å². The Labute approximate surface area is 89.1 Å². The van der Waals surface area contributed by atoms with Gasteiger partial charge in [-0.3, -0.25) is 4.90 Å². The molecule has 0 aromatic heterocycles. The first-order valence-corrected chi connectivity index (χ1v) is 6.36. The Morgan fingerprint density at radius 2 is 2.07 bits per heavy atom. The van der Waals surface area contributed by atoms with Crippen molar-refractivity contribution in [1.82, 2.24) is 10.2 Å². The quantitative estimate of drug-likeness (QED) is 0.660. The van der Waals surface area contributed by atoms with Crippen molar-refractivity contribution in [3.8, 4) is 0 Å². The lowest BCUT2D eigenvalue weighted by Gasteiger charge is -2.35. The zero-order valence-electron chi connectivity index (χ0n) is 9.89. The molecule has 0 saturated carbocycles. The van der Waals surface area contributed by atoms with Gasteiger partial charge in [-0.2, -0.15) is 0 Å². The van der Waals surface area contributed by atoms with Crippen molar-refractivity contribution in [3.05, 3.63) is 0 Å². The van der Waals surface area contributed by atoms with Crippen LogP contribution in [-0.4, -0.2) is 30.7 Å². The molecular weight excluding hydrogens is 172 g/mol. The number of hydrogen-bond acceptors (Lipinski definition) is 2. The molecule has 0 bridgehead atoms. The van der Waals surface area contributed by atoms with E-state index in [0.717, 1.165) is 0 Å². The van der Waals surface area contributed by atoms with Crippen LogP contribution in [0.2, 0.25) is 0 Å². The van der Waals surface area contributed by atoms with Gasteiger partial charge in [0.05, 0.1) is 6.17 Å². The molecule has 0 aromatic carbocycles. The third kappa shape index (κ3) is 3.97. The summed E-state index contributed by atoms with van der Waals surface area (Å²) in [5.41, 5.74) is 0. The molecule has 1 heterocycles. The molecule has 2 heteroatoms. The van der Waals surface area contributed by atoms with Gasteiger partial charge in [0.25, 0.3) is 0 Å². The van der Waals surface area contributed by atoms with Crippen LogP contribution in [-0.2, 0) is 0 Å². The second-order valence-electron chi connectivity index (χ2n) is 4.30. The van der Waals surface area contributed by atoms with Crippen LogP contribution < -0.4 is 5.32 Å². The summed E-state index contributed by atoms with van der Waals surface area (Å²) in [6.07, 6.45) is 8.88. The molecule has 1 N–H and O–H groups in total. The Hall–Kier alpha value is -0.0800. The Morgan fingerprint density at radius 3 is 2.79 bits per heavy atom. The van der Waals surface area contributed by atoms with Gasteiger partial charge in [-0.15, -0.1) is 0 Å². The van der Waals surface area contributed by atoms with Crippen LogP contribution in [0.4, 0.5) is 0 Å². The summed E-state index contributed by atoms with van der Waals surface area (Å²) in [6, 6.07) is 0. The third-order valence-electron chi connectivity index (χ3n) is 3.18. The van der Waals surface area contributed by atoms with Crippen molar-refractivity contribution in [3.63, 3.8) is 0 Å². The maximum Gasteiger partial charge on any atom is 0.0596 e. The number of nitrogens with one attached hydrogen (secondary N) is 1. The van der Waals surface area contributed by atoms with E-state index in [1.165, 1.54) is 58.2 Å². The maximum absolute atomic E-state index is 3.62. The highest BCUT2D eigenvalue weighted by atomic mass is 15.3. The highest BCUT2D eigenvalue weighted by Gasteiger charge is 2.18. The minimum absolute atomic E-state index is 0.672. The van der Waals surface area contributed by atoms with E-state index in [4.69, 9.17) is 0 Å². The minimum atomic E-state index is 0.672. The van der Waals surface area contributed by atoms with Gasteiger partial charge in [-0.05, 0) is 25.9 Å². The predicted molar refractivity (Wildman–Crippen MR) is 62.4 cm³/mol. The summed E-state index contributed by atoms with van der Waals surface area (Å²) in [5, 5.41) is 3.62. The van der Waals surface area contributed by atoms with Gasteiger partial charge in [0.1, 0.15) is 0 Å². The van der Waals surface area contributed by atoms with E-state index in [0.29, 0.717) is 6.17 Å². The Kier molecular flexibility index (Phi) is 6.20. The van der Waals surface area contributed by atoms with E-state index in [-0.39, 0.29) is 0 Å². The zero-order valence-corrected chi connectivity index (χ0v) is 9.89. The lowest BCUT2D eigenvalue weighted by molar-refractivity contribution is 0.127. The largest absolute Gasteiger partial charge is 0.302 e. The number of nitrogens with zero attached hydrogens (tertiary/aromatic N) is 1. The fourth-order valence-electron chi connectivity index (χ4n) is 2.26. The number of rotatable bonds is 6. The highest BCUT2D eigenvalue weighted by Crippen LogP contribution is 2.12. The molecule has 1 unspecified atom stereocenters. The summed E-state index contributed by atoms with van der Waals surface area (Å²) in [7, 11) is 0. The summed E-state index contributed by atoms with van der Waals surface area (Å²) in [6.45, 7) is 8.26. The Morgan fingerprint density at radius 1 is 1.21 bits per heavy atom. The first-order chi connectivity index (χ1) is 6.88. The van der Waals surface area contributed by atoms with E-state index in [2.05, 4.69) is 24.1 Å². The van der Waals surface area contributed by atoms with Crippen molar-refractivity contribution >= 4 is 0 Å². The molecular formula is C12H26N2. The minimum Gasteiger partial charge on any atom is -0.302 e. The molecule has 84 valence electrons. The molecule has 1 aliphatic heterocycles. The van der Waals surface area contributed by atoms with Crippen LogP contribution in [0.15, 0.2) is 0 Å². The van der Waals surface area contributed by atoms with Crippen LogP contribution in [0.5, 0.6) is 0 Å². The van der Waals surface area contributed by atoms with Crippen molar-refractivity contribution < 1.29 is 0 Å². The summed E-state index contributed by atoms with van der Waals surface area (Å²) < 4.78 is 0. The lowest BCUT2D eigenvalue weighted by atomic mass is 10.1. The topological polar surface area (TPSA) is 15.3 Å². The molecule has 0 amide bonds. The molecule has 0 radical (unpaired) electrons. The molecule has 1 atom stereocenters. The van der Waals surface area contributed by atoms with Crippen LogP contribution >= 0.6 is 0 Å². The fourth-order valence-corrected chi connectivity index (χ4v) is 2.26. The predicted octanol–water partition coefficient (Wildman–Crippen LogP) is 2.60. The molecule has 0 spiro atoms. The molecule has 1 fully saturated rings. The monoisotopic (exact) mass is 198 g/mol. The van der Waals surface area contributed by atoms with Crippen molar-refractivity contribution in [2.45, 2.75) is 58.5 Å². The first kappa shape index (κ1) is 12.0. The third-order valence-corrected chi connectivity index (χ3v) is 3.18. The van der Waals surface area contributed by atoms with Gasteiger partial charge in [0, 0.05) is 6.54 Å². The molecule has 14 heavy (non-hydrogen) atoms. The average molecular weight is 198 g/mol. The van der Waals surface area contributed by atoms with Gasteiger partial charge >= 0.3 is 0 Å². The maximum atomic E-state index is 3.62. The second-order valence-corrected chi connectivity index (χ2v) is 4.30. The SMILES string of the molecule is CCCCCCC1NCCCN1CC. The van der Waals surface area contributed by atoms with Crippen LogP contribution in [0, 0.1) is 0 Å². The van der Waals surface area contributed by atoms with Crippen molar-refractivity contribution in [1.29, 1.82) is 0 Å². The van der Waals surface area contributed by atoms with Gasteiger partial charge in [-0.25, -0.2) is 0 Å². The number of unbranched alkanes of at least 4 members (excludes halogenated alkanes) is 3. The standard InChI is InChI=1S/C12H26N2/c1-3-5-6-7-9-12-13-10-8-11-14(12)4-2/h12-13H,3-11H2,1-2H3. The highest BCUT2D eigenvalue weighted by molar-refractivity contribution is 4.74. The number of hydrogen-bond donors (Lipinski definition) is 1. The van der Waals surface area contributed by atoms with Gasteiger partial charge in [0.2, 0.25) is 0 Å². The smallest absolute Gasteiger partial charge is 0.0596 e. The summed E-state index contributed by atoms with van der Waals surface area (Å²) in [5.74, 6) is 0. The van der Waals surface area contributed by atoms with E-state index in [9.17, 15) is 0 Å². The first-order valence-electron chi connectivity index (χ1n) is 6.36. The molecule has 1 aliphatic rings. The van der Waals surface area contributed by atoms with E-state index >= 15 is 0 Å². The van der Waals surface area contributed by atoms with Crippen LogP contribution in [0.3, 0.4) is 0 Å². The van der Waals surface area contributed by atoms with Crippen LogP contribution in [0.25, 0.3) is 0 Å². The van der Waals surface area contributed by atoms with Gasteiger partial charge in [-0.1, -0.05) is 39.5 Å². The fraction of sp³-hybridized carbons (Fsp3) is 1.00. The normalized spacial score (nSPS) is 24.0. The molecule has 1 rings (SSSR count). The second kappa shape index (κ2) is 7.24. The van der Waals surface area contributed by atoms with E-state index < -0.39 is 0 Å². The molecule has 0 aliphatic carbocycles. The van der Waals surface area contributed by atoms with Gasteiger partial charge < -0.3 is 5.32 Å². The zero-order chi connectivity index (χ0) is 10.2. The van der Waals surface area contributed by atoms with E-state index in [1.807, 2.05) is 0 Å². The lowest BCUT2D eigenvalue weighted by Crippen LogP contribution is -2.51. The van der Waals surface area contributed by atoms with Gasteiger partial charge in [0.15, 0.2) is 0 Å². The molecule has 1 saturated heterocycles. The molecule has 0 aromatic rings. The summed E-state index contributed by atoms with van der Waals surface area (Å²) in [4.78, 5) is 2.58. The Balaban J connectivity index is 2.13. The Bertz CT molecular complexity index is 136. The molecule has 2 nitrogen and oxygen atoms in total. The average Bonchev–Trinajstić information content (AvgIpc) is 2.25.